The van der Waals surface area contributed by atoms with Gasteiger partial charge >= 0.3 is 6.18 Å². The largest absolute Gasteiger partial charge is 0.417 e. The average Bonchev–Trinajstić information content (AvgIpc) is 2.91. The molecule has 0 aliphatic rings. The lowest BCUT2D eigenvalue weighted by Gasteiger charge is -2.13. The Morgan fingerprint density at radius 3 is 2.40 bits per heavy atom. The molecule has 0 saturated carbocycles. The van der Waals surface area contributed by atoms with Gasteiger partial charge < -0.3 is 5.32 Å². The third kappa shape index (κ3) is 4.11. The summed E-state index contributed by atoms with van der Waals surface area (Å²) < 4.78 is 39.6. The number of anilines is 2. The number of H-pyrrole nitrogens is 1. The number of halogens is 3. The topological polar surface area (TPSA) is 79.4 Å². The lowest BCUT2D eigenvalue weighted by Crippen LogP contribution is -2.09. The minimum atomic E-state index is -4.49. The van der Waals surface area contributed by atoms with E-state index in [0.29, 0.717) is 17.3 Å². The Balaban J connectivity index is 0.00000225. The zero-order valence-corrected chi connectivity index (χ0v) is 12.8. The second-order valence-corrected chi connectivity index (χ2v) is 5.13. The monoisotopic (exact) mass is 350 g/mol. The van der Waals surface area contributed by atoms with Crippen LogP contribution in [0.4, 0.5) is 24.9 Å². The fourth-order valence-electron chi connectivity index (χ4n) is 2.19. The second-order valence-electron chi connectivity index (χ2n) is 5.13. The highest BCUT2D eigenvalue weighted by molar-refractivity contribution is 5.63. The number of benzene rings is 1. The Bertz CT molecular complexity index is 872. The molecule has 0 fully saturated rings. The van der Waals surface area contributed by atoms with Crippen LogP contribution in [-0.4, -0.2) is 25.1 Å². The predicted octanol–water partition coefficient (Wildman–Crippen LogP) is 4.28. The lowest BCUT2D eigenvalue weighted by molar-refractivity contribution is -0.137. The summed E-state index contributed by atoms with van der Waals surface area (Å²) in [5, 5.41) is 9.42. The van der Waals surface area contributed by atoms with Crippen molar-refractivity contribution in [3.8, 4) is 11.4 Å². The molecule has 9 heteroatoms. The van der Waals surface area contributed by atoms with Gasteiger partial charge in [0.15, 0.2) is 5.82 Å². The van der Waals surface area contributed by atoms with Gasteiger partial charge in [0.1, 0.15) is 11.6 Å². The van der Waals surface area contributed by atoms with Gasteiger partial charge in [0.2, 0.25) is 5.95 Å². The van der Waals surface area contributed by atoms with E-state index in [1.54, 1.807) is 19.9 Å². The van der Waals surface area contributed by atoms with Crippen LogP contribution in [0.1, 0.15) is 24.5 Å². The number of rotatable bonds is 3. The van der Waals surface area contributed by atoms with Crippen LogP contribution in [-0.2, 0) is 6.18 Å². The number of nitrogens with one attached hydrogen (secondary N) is 2. The highest BCUT2D eigenvalue weighted by Gasteiger charge is 2.34. The number of nitrogens with zero attached hydrogens (tertiary/aromatic N) is 4. The van der Waals surface area contributed by atoms with Crippen LogP contribution in [0.3, 0.4) is 0 Å². The first-order chi connectivity index (χ1) is 11.3. The third-order valence-electron chi connectivity index (χ3n) is 3.16. The number of aromatic amines is 1. The van der Waals surface area contributed by atoms with E-state index in [9.17, 15) is 13.2 Å². The standard InChI is InChI=1S/C15H13F3N6.CH4/c1-8-7-12(22-14-20-9(2)23-24-14)21-13(19-8)10-5-3-4-6-11(10)15(16,17)18;/h3-7H,1-2H3,(H2,19,20,21,22,23,24);1H4. The lowest BCUT2D eigenvalue weighted by atomic mass is 10.1. The van der Waals surface area contributed by atoms with E-state index >= 15 is 0 Å². The molecular weight excluding hydrogens is 333 g/mol. The first-order valence-corrected chi connectivity index (χ1v) is 7.01. The Kier molecular flexibility index (Phi) is 5.05. The van der Waals surface area contributed by atoms with Crippen molar-refractivity contribution in [2.75, 3.05) is 5.32 Å². The van der Waals surface area contributed by atoms with Gasteiger partial charge in [-0.3, -0.25) is 5.10 Å². The Morgan fingerprint density at radius 2 is 1.76 bits per heavy atom. The van der Waals surface area contributed by atoms with Crippen molar-refractivity contribution >= 4 is 11.8 Å². The molecule has 2 N–H and O–H groups in total. The van der Waals surface area contributed by atoms with E-state index < -0.39 is 11.7 Å². The molecule has 0 aliphatic carbocycles. The van der Waals surface area contributed by atoms with Crippen molar-refractivity contribution < 1.29 is 13.2 Å². The normalized spacial score (nSPS) is 11.1. The number of hydrogen-bond acceptors (Lipinski definition) is 5. The van der Waals surface area contributed by atoms with Crippen molar-refractivity contribution in [3.05, 3.63) is 47.4 Å². The average molecular weight is 350 g/mol. The Morgan fingerprint density at radius 1 is 1.04 bits per heavy atom. The van der Waals surface area contributed by atoms with E-state index in [1.807, 2.05) is 0 Å². The molecule has 0 unspecified atom stereocenters. The van der Waals surface area contributed by atoms with E-state index in [2.05, 4.69) is 30.5 Å². The van der Waals surface area contributed by atoms with E-state index in [0.717, 1.165) is 6.07 Å². The molecule has 0 aliphatic heterocycles. The van der Waals surface area contributed by atoms with E-state index in [1.165, 1.54) is 18.2 Å². The molecule has 0 atom stereocenters. The van der Waals surface area contributed by atoms with Gasteiger partial charge in [-0.25, -0.2) is 9.97 Å². The van der Waals surface area contributed by atoms with Crippen molar-refractivity contribution in [1.29, 1.82) is 0 Å². The molecule has 2 heterocycles. The fraction of sp³-hybridized carbons (Fsp3) is 0.250. The molecule has 25 heavy (non-hydrogen) atoms. The van der Waals surface area contributed by atoms with Crippen molar-refractivity contribution in [2.45, 2.75) is 27.5 Å². The van der Waals surface area contributed by atoms with Crippen LogP contribution in [0, 0.1) is 13.8 Å². The quantitative estimate of drug-likeness (QED) is 0.737. The Hall–Kier alpha value is -2.97. The van der Waals surface area contributed by atoms with Gasteiger partial charge in [-0.1, -0.05) is 25.6 Å². The number of aromatic nitrogens is 5. The highest BCUT2D eigenvalue weighted by Crippen LogP contribution is 2.36. The summed E-state index contributed by atoms with van der Waals surface area (Å²) in [6.07, 6.45) is -4.49. The molecule has 0 spiro atoms. The molecular formula is C16H17F3N6. The van der Waals surface area contributed by atoms with Crippen LogP contribution < -0.4 is 5.32 Å². The van der Waals surface area contributed by atoms with Crippen LogP contribution in [0.15, 0.2) is 30.3 Å². The van der Waals surface area contributed by atoms with Crippen molar-refractivity contribution in [2.24, 2.45) is 0 Å². The van der Waals surface area contributed by atoms with Gasteiger partial charge in [-0.2, -0.15) is 18.2 Å². The van der Waals surface area contributed by atoms with Crippen LogP contribution in [0.25, 0.3) is 11.4 Å². The van der Waals surface area contributed by atoms with Crippen molar-refractivity contribution in [1.82, 2.24) is 25.1 Å². The molecule has 0 amide bonds. The Labute approximate surface area is 142 Å². The molecule has 0 radical (unpaired) electrons. The maximum Gasteiger partial charge on any atom is 0.417 e. The maximum atomic E-state index is 13.2. The molecule has 3 rings (SSSR count). The van der Waals surface area contributed by atoms with Crippen LogP contribution >= 0.6 is 0 Å². The summed E-state index contributed by atoms with van der Waals surface area (Å²) in [7, 11) is 0. The van der Waals surface area contributed by atoms with Gasteiger partial charge in [0, 0.05) is 17.3 Å². The molecule has 2 aromatic heterocycles. The molecule has 132 valence electrons. The molecule has 1 aromatic carbocycles. The van der Waals surface area contributed by atoms with Crippen LogP contribution in [0.2, 0.25) is 0 Å². The van der Waals surface area contributed by atoms with E-state index in [4.69, 9.17) is 0 Å². The summed E-state index contributed by atoms with van der Waals surface area (Å²) in [6, 6.07) is 6.80. The smallest absolute Gasteiger partial charge is 0.307 e. The van der Waals surface area contributed by atoms with Gasteiger partial charge in [0.05, 0.1) is 5.56 Å². The molecule has 0 bridgehead atoms. The zero-order valence-electron chi connectivity index (χ0n) is 12.8. The van der Waals surface area contributed by atoms with Gasteiger partial charge in [-0.05, 0) is 19.9 Å². The fourth-order valence-corrected chi connectivity index (χ4v) is 2.19. The second kappa shape index (κ2) is 6.88. The van der Waals surface area contributed by atoms with Gasteiger partial charge in [0.25, 0.3) is 0 Å². The first-order valence-electron chi connectivity index (χ1n) is 7.01. The summed E-state index contributed by atoms with van der Waals surface area (Å²) in [4.78, 5) is 12.4. The number of alkyl halides is 3. The molecule has 3 aromatic rings. The summed E-state index contributed by atoms with van der Waals surface area (Å²) in [5.41, 5.74) is -0.343. The first kappa shape index (κ1) is 18.4. The van der Waals surface area contributed by atoms with Crippen molar-refractivity contribution in [3.63, 3.8) is 0 Å². The summed E-state index contributed by atoms with van der Waals surface area (Å²) in [6.45, 7) is 3.41. The molecule has 6 nitrogen and oxygen atoms in total. The maximum absolute atomic E-state index is 13.2. The van der Waals surface area contributed by atoms with Crippen LogP contribution in [0.5, 0.6) is 0 Å². The minimum absolute atomic E-state index is 0. The molecule has 0 saturated heterocycles. The zero-order chi connectivity index (χ0) is 17.3. The third-order valence-corrected chi connectivity index (χ3v) is 3.16. The number of hydrogen-bond donors (Lipinski definition) is 2. The van der Waals surface area contributed by atoms with Gasteiger partial charge in [-0.15, -0.1) is 5.10 Å². The highest BCUT2D eigenvalue weighted by atomic mass is 19.4. The number of aryl methyl sites for hydroxylation is 2. The van der Waals surface area contributed by atoms with E-state index in [-0.39, 0.29) is 24.8 Å². The summed E-state index contributed by atoms with van der Waals surface area (Å²) >= 11 is 0. The minimum Gasteiger partial charge on any atom is -0.307 e. The predicted molar refractivity (Wildman–Crippen MR) is 88.3 cm³/mol. The SMILES string of the molecule is C.Cc1cc(Nc2n[nH]c(C)n2)nc(-c2ccccc2C(F)(F)F)n1. The summed E-state index contributed by atoms with van der Waals surface area (Å²) in [5.74, 6) is 1.18.